The topological polar surface area (TPSA) is 91.3 Å². The molecule has 2 amide bonds. The predicted molar refractivity (Wildman–Crippen MR) is 161 cm³/mol. The third-order valence-corrected chi connectivity index (χ3v) is 8.57. The zero-order valence-corrected chi connectivity index (χ0v) is 24.6. The first-order chi connectivity index (χ1) is 20.4. The van der Waals surface area contributed by atoms with E-state index in [0.717, 1.165) is 74.2 Å². The van der Waals surface area contributed by atoms with E-state index in [-0.39, 0.29) is 29.5 Å². The lowest BCUT2D eigenvalue weighted by molar-refractivity contribution is -0.142. The van der Waals surface area contributed by atoms with Crippen molar-refractivity contribution in [2.45, 2.75) is 57.8 Å². The molecule has 3 aromatic rings. The van der Waals surface area contributed by atoms with Crippen LogP contribution in [0.25, 0.3) is 0 Å². The summed E-state index contributed by atoms with van der Waals surface area (Å²) in [5.74, 6) is 1.69. The van der Waals surface area contributed by atoms with Crippen LogP contribution in [0.5, 0.6) is 17.2 Å². The maximum Gasteiger partial charge on any atom is 0.251 e. The van der Waals surface area contributed by atoms with Crippen molar-refractivity contribution in [1.29, 1.82) is 0 Å². The minimum Gasteiger partial charge on any atom is -0.504 e. The van der Waals surface area contributed by atoms with Crippen LogP contribution in [-0.2, 0) is 24.4 Å². The Morgan fingerprint density at radius 2 is 1.55 bits per heavy atom. The molecule has 0 spiro atoms. The molecule has 8 heteroatoms. The number of carbonyl (C=O) groups is 2. The van der Waals surface area contributed by atoms with Gasteiger partial charge in [0, 0.05) is 50.2 Å². The van der Waals surface area contributed by atoms with Gasteiger partial charge in [-0.05, 0) is 78.8 Å². The number of likely N-dealkylation sites (tertiary alicyclic amines) is 1. The Labute approximate surface area is 248 Å². The zero-order chi connectivity index (χ0) is 29.5. The number of nitrogens with one attached hydrogen (secondary N) is 1. The number of piperidine rings is 1. The Kier molecular flexibility index (Phi) is 9.64. The molecule has 2 fully saturated rings. The molecule has 8 nitrogen and oxygen atoms in total. The van der Waals surface area contributed by atoms with Gasteiger partial charge in [0.05, 0.1) is 14.2 Å². The lowest BCUT2D eigenvalue weighted by Gasteiger charge is -2.41. The Morgan fingerprint density at radius 1 is 0.881 bits per heavy atom. The largest absolute Gasteiger partial charge is 0.504 e. The van der Waals surface area contributed by atoms with Crippen LogP contribution in [0.2, 0.25) is 0 Å². The highest BCUT2D eigenvalue weighted by Gasteiger charge is 2.34. The monoisotopic (exact) mass is 571 g/mol. The number of hydrogen-bond donors (Lipinski definition) is 2. The summed E-state index contributed by atoms with van der Waals surface area (Å²) in [6, 6.07) is 21.0. The van der Waals surface area contributed by atoms with E-state index < -0.39 is 0 Å². The van der Waals surface area contributed by atoms with Crippen molar-refractivity contribution >= 4 is 11.8 Å². The molecule has 1 aliphatic heterocycles. The summed E-state index contributed by atoms with van der Waals surface area (Å²) in [5.41, 5.74) is 3.67. The van der Waals surface area contributed by atoms with E-state index in [1.165, 1.54) is 0 Å². The van der Waals surface area contributed by atoms with Gasteiger partial charge in [0.15, 0.2) is 11.5 Å². The molecule has 1 aliphatic carbocycles. The molecule has 1 saturated heterocycles. The smallest absolute Gasteiger partial charge is 0.251 e. The number of methoxy groups -OCH3 is 2. The third-order valence-electron chi connectivity index (χ3n) is 8.57. The van der Waals surface area contributed by atoms with Crippen LogP contribution in [0.15, 0.2) is 66.7 Å². The van der Waals surface area contributed by atoms with Crippen molar-refractivity contribution in [3.63, 3.8) is 0 Å². The molecule has 0 radical (unpaired) electrons. The number of phenolic OH excluding ortho intramolecular Hbond substituents is 1. The second kappa shape index (κ2) is 13.7. The lowest BCUT2D eigenvalue weighted by Crippen LogP contribution is -2.49. The Balaban J connectivity index is 1.17. The van der Waals surface area contributed by atoms with Gasteiger partial charge >= 0.3 is 0 Å². The summed E-state index contributed by atoms with van der Waals surface area (Å²) in [4.78, 5) is 30.8. The lowest BCUT2D eigenvalue weighted by atomic mass is 9.83. The molecule has 222 valence electrons. The standard InChI is InChI=1S/C34H41N3O5/c1-41-30-13-8-24(9-14-30)21-35-33(39)27-11-6-25(7-12-27)23-37(34(40)28-4-3-5-28)29-16-18-36(19-17-29)22-26-10-15-32(42-2)31(38)20-26/h6-15,20,28-29,38H,3-5,16-19,21-23H2,1-2H3,(H,35,39). The molecule has 2 N–H and O–H groups in total. The van der Waals surface area contributed by atoms with Crippen molar-refractivity contribution in [1.82, 2.24) is 15.1 Å². The third kappa shape index (κ3) is 7.23. The van der Waals surface area contributed by atoms with E-state index in [4.69, 9.17) is 9.47 Å². The van der Waals surface area contributed by atoms with Gasteiger partial charge in [0.2, 0.25) is 5.91 Å². The first-order valence-electron chi connectivity index (χ1n) is 14.8. The van der Waals surface area contributed by atoms with E-state index >= 15 is 0 Å². The number of amides is 2. The van der Waals surface area contributed by atoms with E-state index in [0.29, 0.717) is 24.4 Å². The molecule has 3 aromatic carbocycles. The fourth-order valence-electron chi connectivity index (χ4n) is 5.74. The molecular weight excluding hydrogens is 530 g/mol. The number of carbonyl (C=O) groups excluding carboxylic acids is 2. The molecule has 0 bridgehead atoms. The summed E-state index contributed by atoms with van der Waals surface area (Å²) in [7, 11) is 3.18. The van der Waals surface area contributed by atoms with Crippen molar-refractivity contribution in [3.05, 3.63) is 89.0 Å². The van der Waals surface area contributed by atoms with Gasteiger partial charge < -0.3 is 24.8 Å². The Hall–Kier alpha value is -4.04. The number of phenols is 1. The predicted octanol–water partition coefficient (Wildman–Crippen LogP) is 5.13. The highest BCUT2D eigenvalue weighted by Crippen LogP contribution is 2.32. The number of aromatic hydroxyl groups is 1. The number of ether oxygens (including phenoxy) is 2. The molecule has 0 aromatic heterocycles. The number of nitrogens with zero attached hydrogens (tertiary/aromatic N) is 2. The number of rotatable bonds is 11. The summed E-state index contributed by atoms with van der Waals surface area (Å²) >= 11 is 0. The first-order valence-corrected chi connectivity index (χ1v) is 14.8. The Bertz CT molecular complexity index is 1350. The van der Waals surface area contributed by atoms with E-state index in [2.05, 4.69) is 15.1 Å². The van der Waals surface area contributed by atoms with Crippen LogP contribution in [0.1, 0.15) is 59.2 Å². The quantitative estimate of drug-likeness (QED) is 0.332. The number of hydrogen-bond acceptors (Lipinski definition) is 6. The van der Waals surface area contributed by atoms with Crippen molar-refractivity contribution in [2.24, 2.45) is 5.92 Å². The maximum absolute atomic E-state index is 13.5. The van der Waals surface area contributed by atoms with E-state index in [1.807, 2.05) is 54.6 Å². The molecule has 5 rings (SSSR count). The van der Waals surface area contributed by atoms with Crippen molar-refractivity contribution in [2.75, 3.05) is 27.3 Å². The molecule has 1 saturated carbocycles. The van der Waals surface area contributed by atoms with Gasteiger partial charge in [-0.1, -0.05) is 36.8 Å². The highest BCUT2D eigenvalue weighted by atomic mass is 16.5. The minimum absolute atomic E-state index is 0.127. The summed E-state index contributed by atoms with van der Waals surface area (Å²) in [6.45, 7) is 3.52. The normalized spacial score (nSPS) is 16.0. The van der Waals surface area contributed by atoms with Crippen LogP contribution in [0.4, 0.5) is 0 Å². The number of benzene rings is 3. The van der Waals surface area contributed by atoms with Crippen molar-refractivity contribution < 1.29 is 24.2 Å². The van der Waals surface area contributed by atoms with Crippen LogP contribution in [-0.4, -0.2) is 60.1 Å². The molecule has 0 atom stereocenters. The van der Waals surface area contributed by atoms with Gasteiger partial charge in [0.1, 0.15) is 5.75 Å². The van der Waals surface area contributed by atoms with Gasteiger partial charge in [0.25, 0.3) is 5.91 Å². The van der Waals surface area contributed by atoms with Crippen LogP contribution < -0.4 is 14.8 Å². The first kappa shape index (κ1) is 29.5. The average Bonchev–Trinajstić information content (AvgIpc) is 2.99. The van der Waals surface area contributed by atoms with Gasteiger partial charge in [-0.3, -0.25) is 14.5 Å². The van der Waals surface area contributed by atoms with Gasteiger partial charge in [-0.25, -0.2) is 0 Å². The summed E-state index contributed by atoms with van der Waals surface area (Å²) in [6.07, 6.45) is 4.89. The Morgan fingerprint density at radius 3 is 2.14 bits per heavy atom. The van der Waals surface area contributed by atoms with Crippen LogP contribution >= 0.6 is 0 Å². The average molecular weight is 572 g/mol. The maximum atomic E-state index is 13.5. The molecule has 0 unspecified atom stereocenters. The highest BCUT2D eigenvalue weighted by molar-refractivity contribution is 5.94. The van der Waals surface area contributed by atoms with Gasteiger partial charge in [-0.15, -0.1) is 0 Å². The summed E-state index contributed by atoms with van der Waals surface area (Å²) in [5, 5.41) is 13.1. The SMILES string of the molecule is COc1ccc(CNC(=O)c2ccc(CN(C(=O)C3CCC3)C3CCN(Cc4ccc(OC)c(O)c4)CC3)cc2)cc1. The molecular formula is C34H41N3O5. The summed E-state index contributed by atoms with van der Waals surface area (Å²) < 4.78 is 10.4. The second-order valence-corrected chi connectivity index (χ2v) is 11.3. The minimum atomic E-state index is -0.127. The zero-order valence-electron chi connectivity index (χ0n) is 24.6. The molecule has 2 aliphatic rings. The molecule has 42 heavy (non-hydrogen) atoms. The van der Waals surface area contributed by atoms with E-state index in [9.17, 15) is 14.7 Å². The van der Waals surface area contributed by atoms with E-state index in [1.54, 1.807) is 26.4 Å². The fourth-order valence-corrected chi connectivity index (χ4v) is 5.74. The molecule has 1 heterocycles. The van der Waals surface area contributed by atoms with Crippen LogP contribution in [0.3, 0.4) is 0 Å². The second-order valence-electron chi connectivity index (χ2n) is 11.3. The van der Waals surface area contributed by atoms with Gasteiger partial charge in [-0.2, -0.15) is 0 Å². The fraction of sp³-hybridized carbons (Fsp3) is 0.412. The van der Waals surface area contributed by atoms with Crippen LogP contribution in [0, 0.1) is 5.92 Å². The van der Waals surface area contributed by atoms with Crippen molar-refractivity contribution in [3.8, 4) is 17.2 Å².